The van der Waals surface area contributed by atoms with Crippen molar-refractivity contribution in [3.05, 3.63) is 38.0 Å². The third-order valence-corrected chi connectivity index (χ3v) is 16.5. The number of nitrogens with two attached hydrogens (primary N) is 3. The lowest BCUT2D eigenvalue weighted by molar-refractivity contribution is -0.0628. The topological polar surface area (TPSA) is 528 Å². The second kappa shape index (κ2) is 20.0. The van der Waals surface area contributed by atoms with Crippen molar-refractivity contribution in [3.8, 4) is 0 Å². The van der Waals surface area contributed by atoms with E-state index in [1.165, 1.54) is 32.7 Å². The maximum Gasteiger partial charge on any atom is 0.490 e. The summed E-state index contributed by atoms with van der Waals surface area (Å²) in [5.41, 5.74) is 18.7. The highest BCUT2D eigenvalue weighted by Gasteiger charge is 2.48. The number of rotatable bonds is 20. The van der Waals surface area contributed by atoms with Crippen LogP contribution in [0.4, 0.5) is 17.5 Å². The quantitative estimate of drug-likeness (QED) is 0.0443. The summed E-state index contributed by atoms with van der Waals surface area (Å²) >= 11 is 0. The Labute approximate surface area is 400 Å². The van der Waals surface area contributed by atoms with Gasteiger partial charge in [0.15, 0.2) is 46.9 Å². The van der Waals surface area contributed by atoms with Gasteiger partial charge in [-0.2, -0.15) is 8.62 Å². The molecule has 6 aromatic rings. The van der Waals surface area contributed by atoms with Crippen LogP contribution in [0.3, 0.4) is 0 Å². The zero-order valence-corrected chi connectivity index (χ0v) is 40.5. The van der Waals surface area contributed by atoms with Crippen LogP contribution < -0.4 is 17.2 Å². The second-order valence-corrected chi connectivity index (χ2v) is 22.9. The van der Waals surface area contributed by atoms with Gasteiger partial charge < -0.3 is 65.9 Å². The number of phosphoric ester groups is 3. The van der Waals surface area contributed by atoms with Gasteiger partial charge >= 0.3 is 39.1 Å². The number of phosphoric acid groups is 5. The van der Waals surface area contributed by atoms with Gasteiger partial charge in [0.2, 0.25) is 0 Å². The predicted molar refractivity (Wildman–Crippen MR) is 232 cm³/mol. The first-order valence-corrected chi connectivity index (χ1v) is 27.9. The van der Waals surface area contributed by atoms with Gasteiger partial charge in [-0.3, -0.25) is 36.3 Å². The number of hydrogen-bond donors (Lipinski definition) is 10. The van der Waals surface area contributed by atoms with E-state index in [4.69, 9.17) is 63.8 Å². The van der Waals surface area contributed by atoms with Gasteiger partial charge in [-0.05, 0) is 0 Å². The molecule has 0 bridgehead atoms. The highest BCUT2D eigenvalue weighted by atomic mass is 31.3. The molecule has 72 heavy (non-hydrogen) atoms. The fraction of sp³-hybridized carbons (Fsp3) is 0.500. The van der Waals surface area contributed by atoms with E-state index in [0.717, 1.165) is 19.0 Å². The van der Waals surface area contributed by atoms with Gasteiger partial charge in [0.05, 0.1) is 57.1 Å². The van der Waals surface area contributed by atoms with Crippen molar-refractivity contribution in [1.82, 2.24) is 58.6 Å². The number of hydrogen-bond acceptors (Lipinski definition) is 28. The van der Waals surface area contributed by atoms with Crippen molar-refractivity contribution in [2.45, 2.75) is 74.6 Å². The van der Waals surface area contributed by atoms with Crippen molar-refractivity contribution in [2.75, 3.05) is 37.0 Å². The molecule has 42 heteroatoms. The van der Waals surface area contributed by atoms with E-state index in [0.29, 0.717) is 11.2 Å². The van der Waals surface area contributed by atoms with Crippen LogP contribution in [0.2, 0.25) is 0 Å². The smallest absolute Gasteiger partial charge is 0.390 e. The molecule has 3 aliphatic heterocycles. The highest BCUT2D eigenvalue weighted by Crippen LogP contribution is 2.66. The molecule has 0 amide bonds. The molecule has 0 aromatic carbocycles. The van der Waals surface area contributed by atoms with Gasteiger partial charge in [0, 0.05) is 19.3 Å². The number of ether oxygens (including phenoxy) is 3. The van der Waals surface area contributed by atoms with Crippen molar-refractivity contribution >= 4 is 90.1 Å². The monoisotopic (exact) mass is 1120 g/mol. The molecule has 3 saturated heterocycles. The summed E-state index contributed by atoms with van der Waals surface area (Å²) in [5, 5.41) is 10.8. The van der Waals surface area contributed by atoms with Crippen LogP contribution in [-0.4, -0.2) is 149 Å². The van der Waals surface area contributed by atoms with Crippen molar-refractivity contribution < 1.29 is 103 Å². The molecule has 9 heterocycles. The standard InChI is InChI=1S/C30H40N15O22P5/c31-23-20-26(37-7-34-23)43(10-40-20)19-3-15(46)18(63-19)6-60-70(52,53)65-17-1-13(61-30(17)45-12-42-22-25(33)36-9-39-28(22)45)4-58-69(50,51)64-16-2-14(5-59-71(54,55)67-72(56,57)66-68(47,48)49)62-29(16)44-11-41-21-24(32)35-8-38-27(21)44/h7-19,29-30,46H,1-6H2,(H,50,51)(H,52,53)(H,54,55)(H,56,57)(H2,31,34,37)(H2,32,35,38)(H2,33,36,39)(H2,47,48,49). The minimum Gasteiger partial charge on any atom is -0.390 e. The number of aliphatic hydroxyl groups excluding tert-OH is 1. The molecule has 392 valence electrons. The number of fused-ring (bicyclic) bond motifs is 3. The van der Waals surface area contributed by atoms with Crippen LogP contribution in [0, 0.1) is 0 Å². The molecule has 0 radical (unpaired) electrons. The van der Waals surface area contributed by atoms with E-state index >= 15 is 0 Å². The molecule has 0 saturated carbocycles. The SMILES string of the molecule is Nc1ncnc2c1ncn2C1CC(O)C(COP(=O)(O)OC2CC(COP(=O)(O)OC3CC(COP(=O)(O)OP(=O)(O)OP(=O)(O)O)OC3n3cnc4c(N)ncnc43)OC2n2cnc3c(N)ncnc32)O1. The molecular formula is C30H40N15O22P5. The second-order valence-electron chi connectivity index (χ2n) is 15.7. The Morgan fingerprint density at radius 2 is 0.944 bits per heavy atom. The molecule has 3 fully saturated rings. The van der Waals surface area contributed by atoms with E-state index in [9.17, 15) is 47.5 Å². The maximum atomic E-state index is 13.7. The van der Waals surface area contributed by atoms with Crippen molar-refractivity contribution in [3.63, 3.8) is 0 Å². The lowest BCUT2D eigenvalue weighted by Crippen LogP contribution is -2.27. The average Bonchev–Trinajstić information content (AvgIpc) is 4.14. The van der Waals surface area contributed by atoms with E-state index in [1.807, 2.05) is 0 Å². The summed E-state index contributed by atoms with van der Waals surface area (Å²) < 4.78 is 119. The molecule has 0 spiro atoms. The minimum atomic E-state index is -5.89. The minimum absolute atomic E-state index is 0.00595. The summed E-state index contributed by atoms with van der Waals surface area (Å²) in [6, 6.07) is 0. The Morgan fingerprint density at radius 1 is 0.528 bits per heavy atom. The molecule has 9 rings (SSSR count). The highest BCUT2D eigenvalue weighted by molar-refractivity contribution is 7.66. The van der Waals surface area contributed by atoms with Gasteiger partial charge in [-0.15, -0.1) is 0 Å². The lowest BCUT2D eigenvalue weighted by Gasteiger charge is -2.24. The summed E-state index contributed by atoms with van der Waals surface area (Å²) in [4.78, 5) is 96.0. The molecule has 6 aromatic heterocycles. The van der Waals surface area contributed by atoms with Crippen LogP contribution in [0.25, 0.3) is 33.5 Å². The zero-order valence-electron chi connectivity index (χ0n) is 36.0. The molecule has 13 N–H and O–H groups in total. The van der Waals surface area contributed by atoms with Crippen LogP contribution in [0.1, 0.15) is 37.9 Å². The molecule has 13 atom stereocenters. The van der Waals surface area contributed by atoms with Gasteiger partial charge in [0.1, 0.15) is 60.1 Å². The number of imidazole rings is 3. The van der Waals surface area contributed by atoms with Crippen LogP contribution >= 0.6 is 39.1 Å². The average molecular weight is 1120 g/mol. The number of aliphatic hydroxyl groups is 1. The molecule has 0 aliphatic carbocycles. The van der Waals surface area contributed by atoms with Crippen LogP contribution in [-0.2, 0) is 68.3 Å². The molecular weight excluding hydrogens is 1080 g/mol. The summed E-state index contributed by atoms with van der Waals surface area (Å²) in [5.74, 6) is 0.0131. The lowest BCUT2D eigenvalue weighted by atomic mass is 10.2. The number of anilines is 3. The zero-order chi connectivity index (χ0) is 51.5. The third kappa shape index (κ3) is 11.7. The summed E-state index contributed by atoms with van der Waals surface area (Å²) in [6.45, 7) is -2.40. The maximum absolute atomic E-state index is 13.7. The van der Waals surface area contributed by atoms with Gasteiger partial charge in [0.25, 0.3) is 0 Å². The molecule has 3 aliphatic rings. The number of aromatic nitrogens is 12. The predicted octanol–water partition coefficient (Wildman–Crippen LogP) is -0.176. The molecule has 37 nitrogen and oxygen atoms in total. The van der Waals surface area contributed by atoms with Crippen molar-refractivity contribution in [1.29, 1.82) is 0 Å². The van der Waals surface area contributed by atoms with Crippen LogP contribution in [0.5, 0.6) is 0 Å². The Kier molecular flexibility index (Phi) is 14.5. The summed E-state index contributed by atoms with van der Waals surface area (Å²) in [7, 11) is -27.6. The van der Waals surface area contributed by atoms with Gasteiger partial charge in [-0.25, -0.2) is 67.7 Å². The Bertz CT molecular complexity index is 3240. The van der Waals surface area contributed by atoms with Crippen molar-refractivity contribution in [2.24, 2.45) is 0 Å². The Morgan fingerprint density at radius 3 is 1.40 bits per heavy atom. The van der Waals surface area contributed by atoms with E-state index in [-0.39, 0.29) is 52.6 Å². The molecule has 13 unspecified atom stereocenters. The fourth-order valence-electron chi connectivity index (χ4n) is 7.78. The van der Waals surface area contributed by atoms with E-state index in [1.54, 1.807) is 0 Å². The normalized spacial score (nSPS) is 28.3. The summed E-state index contributed by atoms with van der Waals surface area (Å²) in [6.07, 6.45) is -5.20. The first-order valence-electron chi connectivity index (χ1n) is 20.4. The van der Waals surface area contributed by atoms with Crippen LogP contribution in [0.15, 0.2) is 38.0 Å². The first kappa shape index (κ1) is 52.4. The number of nitrogen functional groups attached to an aromatic ring is 3. The third-order valence-electron chi connectivity index (χ3n) is 10.7. The van der Waals surface area contributed by atoms with E-state index < -0.39 is 121 Å². The van der Waals surface area contributed by atoms with Gasteiger partial charge in [-0.1, -0.05) is 0 Å². The number of nitrogens with zero attached hydrogens (tertiary/aromatic N) is 12. The fourth-order valence-corrected chi connectivity index (χ4v) is 12.7. The Hall–Kier alpha value is -4.48. The Balaban J connectivity index is 0.879. The largest absolute Gasteiger partial charge is 0.490 e. The van der Waals surface area contributed by atoms with E-state index in [2.05, 4.69) is 53.5 Å². The first-order chi connectivity index (χ1) is 33.8.